The highest BCUT2D eigenvalue weighted by Gasteiger charge is 2.33. The van der Waals surface area contributed by atoms with E-state index < -0.39 is 34.1 Å². The first-order chi connectivity index (χ1) is 17.1. The van der Waals surface area contributed by atoms with Gasteiger partial charge in [0.15, 0.2) is 0 Å². The van der Waals surface area contributed by atoms with Gasteiger partial charge in [-0.3, -0.25) is 13.9 Å². The Morgan fingerprint density at radius 1 is 1.08 bits per heavy atom. The van der Waals surface area contributed by atoms with Gasteiger partial charge in [-0.1, -0.05) is 42.3 Å². The van der Waals surface area contributed by atoms with Gasteiger partial charge in [-0.15, -0.1) is 0 Å². The summed E-state index contributed by atoms with van der Waals surface area (Å²) in [5, 5.41) is 3.58. The predicted molar refractivity (Wildman–Crippen MR) is 149 cm³/mol. The molecule has 2 aromatic carbocycles. The van der Waals surface area contributed by atoms with Gasteiger partial charge in [0.25, 0.3) is 0 Å². The third kappa shape index (κ3) is 8.51. The van der Waals surface area contributed by atoms with Crippen molar-refractivity contribution in [1.29, 1.82) is 0 Å². The van der Waals surface area contributed by atoms with Crippen molar-refractivity contribution in [2.45, 2.75) is 59.2 Å². The molecule has 0 heterocycles. The standard InChI is InChI=1S/C26H35Cl2N3O5S/c1-8-21(25(33)29-26(3,4)5)30(15-18-10-11-19(27)20(28)14-18)24(32)16-31(37(7,34)35)22-13-17(2)9-12-23(22)36-6/h9-14,21H,8,15-16H2,1-7H3,(H,29,33)/t21-/m0/s1. The van der Waals surface area contributed by atoms with Gasteiger partial charge in [0, 0.05) is 12.1 Å². The smallest absolute Gasteiger partial charge is 0.244 e. The number of halogens is 2. The number of nitrogens with one attached hydrogen (secondary N) is 1. The number of anilines is 1. The second kappa shape index (κ2) is 12.4. The Bertz CT molecular complexity index is 1250. The highest BCUT2D eigenvalue weighted by Crippen LogP contribution is 2.31. The Hall–Kier alpha value is -2.49. The van der Waals surface area contributed by atoms with Crippen LogP contribution in [0.2, 0.25) is 10.0 Å². The second-order valence-corrected chi connectivity index (χ2v) is 12.6. The number of nitrogens with zero attached hydrogens (tertiary/aromatic N) is 2. The summed E-state index contributed by atoms with van der Waals surface area (Å²) in [5.74, 6) is -0.601. The summed E-state index contributed by atoms with van der Waals surface area (Å²) in [6, 6.07) is 9.15. The van der Waals surface area contributed by atoms with Crippen LogP contribution < -0.4 is 14.4 Å². The summed E-state index contributed by atoms with van der Waals surface area (Å²) >= 11 is 12.3. The topological polar surface area (TPSA) is 96.0 Å². The number of aryl methyl sites for hydroxylation is 1. The SMILES string of the molecule is CC[C@@H](C(=O)NC(C)(C)C)N(Cc1ccc(Cl)c(Cl)c1)C(=O)CN(c1cc(C)ccc1OC)S(C)(=O)=O. The van der Waals surface area contributed by atoms with Crippen molar-refractivity contribution < 1.29 is 22.7 Å². The Labute approximate surface area is 229 Å². The molecule has 0 fully saturated rings. The zero-order valence-corrected chi connectivity index (χ0v) is 24.6. The van der Waals surface area contributed by atoms with Crippen LogP contribution in [0.5, 0.6) is 5.75 Å². The second-order valence-electron chi connectivity index (χ2n) is 9.88. The Kier molecular flexibility index (Phi) is 10.3. The number of hydrogen-bond donors (Lipinski definition) is 1. The van der Waals surface area contributed by atoms with E-state index in [9.17, 15) is 18.0 Å². The molecule has 0 saturated heterocycles. The number of rotatable bonds is 10. The van der Waals surface area contributed by atoms with Crippen molar-refractivity contribution >= 4 is 50.7 Å². The molecule has 8 nitrogen and oxygen atoms in total. The molecular formula is C26H35Cl2N3O5S. The van der Waals surface area contributed by atoms with Crippen molar-refractivity contribution in [2.75, 3.05) is 24.2 Å². The summed E-state index contributed by atoms with van der Waals surface area (Å²) in [4.78, 5) is 28.4. The molecule has 1 N–H and O–H groups in total. The van der Waals surface area contributed by atoms with Crippen LogP contribution in [0, 0.1) is 6.92 Å². The molecule has 0 aromatic heterocycles. The van der Waals surface area contributed by atoms with Crippen LogP contribution in [-0.4, -0.2) is 56.6 Å². The molecule has 0 bridgehead atoms. The van der Waals surface area contributed by atoms with Gasteiger partial charge in [-0.05, 0) is 69.5 Å². The van der Waals surface area contributed by atoms with E-state index in [-0.39, 0.29) is 18.1 Å². The molecule has 2 rings (SSSR count). The van der Waals surface area contributed by atoms with Crippen LogP contribution >= 0.6 is 23.2 Å². The summed E-state index contributed by atoms with van der Waals surface area (Å²) in [6.45, 7) is 8.63. The van der Waals surface area contributed by atoms with Crippen LogP contribution in [0.1, 0.15) is 45.2 Å². The summed E-state index contributed by atoms with van der Waals surface area (Å²) in [7, 11) is -2.47. The summed E-state index contributed by atoms with van der Waals surface area (Å²) in [6.07, 6.45) is 1.33. The molecule has 0 spiro atoms. The molecular weight excluding hydrogens is 537 g/mol. The number of ether oxygens (including phenoxy) is 1. The third-order valence-corrected chi connectivity index (χ3v) is 7.37. The molecule has 0 aliphatic heterocycles. The molecule has 204 valence electrons. The number of amides is 2. The minimum atomic E-state index is -3.90. The highest BCUT2D eigenvalue weighted by molar-refractivity contribution is 7.92. The van der Waals surface area contributed by atoms with Crippen LogP contribution in [0.15, 0.2) is 36.4 Å². The van der Waals surface area contributed by atoms with Crippen LogP contribution in [0.4, 0.5) is 5.69 Å². The number of carbonyl (C=O) groups is 2. The molecule has 0 aliphatic carbocycles. The van der Waals surface area contributed by atoms with E-state index in [0.717, 1.165) is 16.1 Å². The average molecular weight is 573 g/mol. The number of benzene rings is 2. The maximum Gasteiger partial charge on any atom is 0.244 e. The molecule has 0 aliphatic rings. The van der Waals surface area contributed by atoms with E-state index in [1.165, 1.54) is 12.0 Å². The van der Waals surface area contributed by atoms with Crippen molar-refractivity contribution in [3.8, 4) is 5.75 Å². The van der Waals surface area contributed by atoms with E-state index in [2.05, 4.69) is 5.32 Å². The molecule has 2 aromatic rings. The Morgan fingerprint density at radius 3 is 2.24 bits per heavy atom. The molecule has 2 amide bonds. The molecule has 0 saturated carbocycles. The van der Waals surface area contributed by atoms with Crippen LogP contribution in [-0.2, 0) is 26.2 Å². The van der Waals surface area contributed by atoms with E-state index in [1.54, 1.807) is 43.3 Å². The van der Waals surface area contributed by atoms with Crippen molar-refractivity contribution in [3.05, 3.63) is 57.6 Å². The van der Waals surface area contributed by atoms with Gasteiger partial charge < -0.3 is 15.0 Å². The fourth-order valence-corrected chi connectivity index (χ4v) is 4.96. The van der Waals surface area contributed by atoms with Gasteiger partial charge in [-0.2, -0.15) is 0 Å². The Balaban J connectivity index is 2.55. The largest absolute Gasteiger partial charge is 0.495 e. The van der Waals surface area contributed by atoms with Crippen LogP contribution in [0.3, 0.4) is 0 Å². The fraction of sp³-hybridized carbons (Fsp3) is 0.462. The molecule has 1 atom stereocenters. The number of carbonyl (C=O) groups excluding carboxylic acids is 2. The lowest BCUT2D eigenvalue weighted by atomic mass is 10.1. The van der Waals surface area contributed by atoms with E-state index in [1.807, 2.05) is 27.7 Å². The highest BCUT2D eigenvalue weighted by atomic mass is 35.5. The first-order valence-electron chi connectivity index (χ1n) is 11.7. The summed E-state index contributed by atoms with van der Waals surface area (Å²) in [5.41, 5.74) is 1.14. The van der Waals surface area contributed by atoms with Gasteiger partial charge >= 0.3 is 0 Å². The first kappa shape index (κ1) is 30.7. The lowest BCUT2D eigenvalue weighted by Gasteiger charge is -2.34. The zero-order valence-electron chi connectivity index (χ0n) is 22.3. The lowest BCUT2D eigenvalue weighted by Crippen LogP contribution is -2.55. The normalized spacial score (nSPS) is 12.6. The maximum atomic E-state index is 13.8. The maximum absolute atomic E-state index is 13.8. The average Bonchev–Trinajstić information content (AvgIpc) is 2.77. The number of sulfonamides is 1. The molecule has 0 unspecified atom stereocenters. The number of methoxy groups -OCH3 is 1. The molecule has 0 radical (unpaired) electrons. The van der Waals surface area contributed by atoms with Crippen molar-refractivity contribution in [1.82, 2.24) is 10.2 Å². The lowest BCUT2D eigenvalue weighted by molar-refractivity contribution is -0.141. The first-order valence-corrected chi connectivity index (χ1v) is 14.4. The van der Waals surface area contributed by atoms with Gasteiger partial charge in [0.1, 0.15) is 18.3 Å². The van der Waals surface area contributed by atoms with E-state index >= 15 is 0 Å². The van der Waals surface area contributed by atoms with Gasteiger partial charge in [0.05, 0.1) is 29.1 Å². The predicted octanol–water partition coefficient (Wildman–Crippen LogP) is 4.80. The minimum Gasteiger partial charge on any atom is -0.495 e. The van der Waals surface area contributed by atoms with Crippen molar-refractivity contribution in [3.63, 3.8) is 0 Å². The van der Waals surface area contributed by atoms with Crippen LogP contribution in [0.25, 0.3) is 0 Å². The van der Waals surface area contributed by atoms with E-state index in [0.29, 0.717) is 27.8 Å². The van der Waals surface area contributed by atoms with Gasteiger partial charge in [0.2, 0.25) is 21.8 Å². The monoisotopic (exact) mass is 571 g/mol. The third-order valence-electron chi connectivity index (χ3n) is 5.50. The van der Waals surface area contributed by atoms with E-state index in [4.69, 9.17) is 27.9 Å². The fourth-order valence-electron chi connectivity index (χ4n) is 3.80. The Morgan fingerprint density at radius 2 is 1.73 bits per heavy atom. The molecule has 11 heteroatoms. The zero-order chi connectivity index (χ0) is 28.1. The molecule has 37 heavy (non-hydrogen) atoms. The number of hydrogen-bond acceptors (Lipinski definition) is 5. The van der Waals surface area contributed by atoms with Gasteiger partial charge in [-0.25, -0.2) is 8.42 Å². The quantitative estimate of drug-likeness (QED) is 0.442. The minimum absolute atomic E-state index is 0.0222. The summed E-state index contributed by atoms with van der Waals surface area (Å²) < 4.78 is 32.1. The van der Waals surface area contributed by atoms with Crippen molar-refractivity contribution in [2.24, 2.45) is 0 Å².